The monoisotopic (exact) mass is 231 g/mol. The molecule has 2 heteroatoms. The summed E-state index contributed by atoms with van der Waals surface area (Å²) >= 11 is 0. The number of benzene rings is 1. The summed E-state index contributed by atoms with van der Waals surface area (Å²) in [6, 6.07) is 15.2. The lowest BCUT2D eigenvalue weighted by Crippen LogP contribution is -2.49. The minimum Gasteiger partial charge on any atom is -0.398 e. The van der Waals surface area contributed by atoms with Crippen LogP contribution in [0.4, 0.5) is 5.69 Å². The van der Waals surface area contributed by atoms with E-state index in [9.17, 15) is 0 Å². The highest BCUT2D eigenvalue weighted by Crippen LogP contribution is 2.35. The molecule has 0 atom stereocenters. The first-order valence-electron chi connectivity index (χ1n) is 6.78. The molecule has 16 heavy (non-hydrogen) atoms. The molecule has 0 spiro atoms. The zero-order chi connectivity index (χ0) is 10.8. The maximum atomic E-state index is 2.87. The molecule has 0 unspecified atom stereocenters. The minimum absolute atomic E-state index is 0.562. The molecule has 2 fully saturated rings. The Kier molecular flexibility index (Phi) is 3.00. The van der Waals surface area contributed by atoms with Gasteiger partial charge in [0.25, 0.3) is 0 Å². The van der Waals surface area contributed by atoms with Gasteiger partial charge in [-0.05, 0) is 37.1 Å². The summed E-state index contributed by atoms with van der Waals surface area (Å²) in [6.45, 7) is 0. The summed E-state index contributed by atoms with van der Waals surface area (Å²) in [4.78, 5) is 0. The lowest BCUT2D eigenvalue weighted by molar-refractivity contribution is 0.679. The van der Waals surface area contributed by atoms with Gasteiger partial charge < -0.3 is 4.57 Å². The molecule has 0 N–H and O–H groups in total. The van der Waals surface area contributed by atoms with Gasteiger partial charge in [-0.2, -0.15) is 0 Å². The topological polar surface area (TPSA) is 3.24 Å². The molecule has 1 saturated carbocycles. The van der Waals surface area contributed by atoms with Gasteiger partial charge in [0.05, 0.1) is 0 Å². The Balaban J connectivity index is 1.83. The van der Waals surface area contributed by atoms with Crippen molar-refractivity contribution in [2.24, 2.45) is 0 Å². The molecule has 1 nitrogen and oxygen atoms in total. The zero-order valence-electron chi connectivity index (χ0n) is 9.94. The van der Waals surface area contributed by atoms with E-state index in [1.54, 1.807) is 12.1 Å². The first-order chi connectivity index (χ1) is 7.95. The number of nitrogens with zero attached hydrogens (tertiary/aromatic N) is 1. The molecule has 0 amide bonds. The SMILES string of the molecule is c1ccc(N(C2CCCC2)[SiH]2CCC2)cc1. The van der Waals surface area contributed by atoms with Crippen LogP contribution in [-0.4, -0.2) is 15.0 Å². The Labute approximate surface area is 100 Å². The van der Waals surface area contributed by atoms with Crippen LogP contribution in [0.3, 0.4) is 0 Å². The fourth-order valence-electron chi connectivity index (χ4n) is 3.17. The van der Waals surface area contributed by atoms with Crippen LogP contribution in [0.5, 0.6) is 0 Å². The van der Waals surface area contributed by atoms with Crippen molar-refractivity contribution in [3.63, 3.8) is 0 Å². The molecule has 0 radical (unpaired) electrons. The minimum atomic E-state index is -0.562. The van der Waals surface area contributed by atoms with Crippen LogP contribution >= 0.6 is 0 Å². The van der Waals surface area contributed by atoms with Gasteiger partial charge in [-0.1, -0.05) is 37.5 Å². The van der Waals surface area contributed by atoms with Crippen molar-refractivity contribution < 1.29 is 0 Å². The number of anilines is 1. The maximum absolute atomic E-state index is 2.87. The molecule has 0 aromatic heterocycles. The van der Waals surface area contributed by atoms with E-state index < -0.39 is 8.96 Å². The van der Waals surface area contributed by atoms with Gasteiger partial charge in [0.2, 0.25) is 0 Å². The second kappa shape index (κ2) is 4.62. The van der Waals surface area contributed by atoms with Gasteiger partial charge in [-0.15, -0.1) is 0 Å². The van der Waals surface area contributed by atoms with Gasteiger partial charge >= 0.3 is 0 Å². The van der Waals surface area contributed by atoms with Gasteiger partial charge in [-0.25, -0.2) is 0 Å². The standard InChI is InChI=1S/C14H21NSi/c1-2-7-13(8-3-1)15(16-11-6-12-16)14-9-4-5-10-14/h1-3,7-8,14,16H,4-6,9-12H2. The zero-order valence-corrected chi connectivity index (χ0v) is 11.1. The van der Waals surface area contributed by atoms with Gasteiger partial charge in [-0.3, -0.25) is 0 Å². The number of para-hydroxylation sites is 1. The fraction of sp³-hybridized carbons (Fsp3) is 0.571. The van der Waals surface area contributed by atoms with E-state index >= 15 is 0 Å². The average molecular weight is 231 g/mol. The third kappa shape index (κ3) is 1.91. The van der Waals surface area contributed by atoms with Crippen LogP contribution in [0.15, 0.2) is 30.3 Å². The molecular weight excluding hydrogens is 210 g/mol. The summed E-state index contributed by atoms with van der Waals surface area (Å²) in [5.41, 5.74) is 1.52. The molecule has 1 saturated heterocycles. The summed E-state index contributed by atoms with van der Waals surface area (Å²) < 4.78 is 2.87. The molecule has 1 heterocycles. The highest BCUT2D eigenvalue weighted by atomic mass is 28.3. The lowest BCUT2D eigenvalue weighted by Gasteiger charge is -2.42. The van der Waals surface area contributed by atoms with Crippen molar-refractivity contribution in [1.82, 2.24) is 0 Å². The Morgan fingerprint density at radius 1 is 0.938 bits per heavy atom. The highest BCUT2D eigenvalue weighted by Gasteiger charge is 2.33. The molecule has 1 aromatic rings. The smallest absolute Gasteiger partial charge is 0.140 e. The predicted molar refractivity (Wildman–Crippen MR) is 72.6 cm³/mol. The summed E-state index contributed by atoms with van der Waals surface area (Å²) in [5.74, 6) is 0. The average Bonchev–Trinajstić information content (AvgIpc) is 2.77. The molecule has 1 aromatic carbocycles. The maximum Gasteiger partial charge on any atom is 0.140 e. The third-order valence-corrected chi connectivity index (χ3v) is 7.90. The van der Waals surface area contributed by atoms with Crippen molar-refractivity contribution in [1.29, 1.82) is 0 Å². The number of hydrogen-bond donors (Lipinski definition) is 0. The predicted octanol–water partition coefficient (Wildman–Crippen LogP) is 3.56. The molecule has 0 bridgehead atoms. The second-order valence-corrected chi connectivity index (χ2v) is 8.28. The number of hydrogen-bond acceptors (Lipinski definition) is 1. The quantitative estimate of drug-likeness (QED) is 0.719. The van der Waals surface area contributed by atoms with E-state index in [4.69, 9.17) is 0 Å². The van der Waals surface area contributed by atoms with Crippen LogP contribution in [0.2, 0.25) is 12.1 Å². The van der Waals surface area contributed by atoms with E-state index in [-0.39, 0.29) is 0 Å². The van der Waals surface area contributed by atoms with Gasteiger partial charge in [0.1, 0.15) is 8.96 Å². The Hall–Kier alpha value is -0.763. The Morgan fingerprint density at radius 3 is 2.19 bits per heavy atom. The van der Waals surface area contributed by atoms with E-state index in [1.165, 1.54) is 37.8 Å². The van der Waals surface area contributed by atoms with Crippen molar-refractivity contribution in [2.75, 3.05) is 4.57 Å². The molecule has 86 valence electrons. The van der Waals surface area contributed by atoms with E-state index in [0.717, 1.165) is 6.04 Å². The van der Waals surface area contributed by atoms with Crippen molar-refractivity contribution in [3.8, 4) is 0 Å². The summed E-state index contributed by atoms with van der Waals surface area (Å²) in [6.07, 6.45) is 7.29. The van der Waals surface area contributed by atoms with Crippen LogP contribution < -0.4 is 4.57 Å². The second-order valence-electron chi connectivity index (χ2n) is 5.27. The number of rotatable bonds is 3. The molecular formula is C14H21NSi. The van der Waals surface area contributed by atoms with Crippen molar-refractivity contribution in [2.45, 2.75) is 50.2 Å². The summed E-state index contributed by atoms with van der Waals surface area (Å²) in [7, 11) is -0.562. The van der Waals surface area contributed by atoms with Crippen LogP contribution in [0, 0.1) is 0 Å². The normalized spacial score (nSPS) is 22.0. The van der Waals surface area contributed by atoms with Crippen molar-refractivity contribution in [3.05, 3.63) is 30.3 Å². The van der Waals surface area contributed by atoms with Crippen molar-refractivity contribution >= 4 is 14.6 Å². The van der Waals surface area contributed by atoms with Crippen LogP contribution in [0.25, 0.3) is 0 Å². The summed E-state index contributed by atoms with van der Waals surface area (Å²) in [5, 5.41) is 0. The van der Waals surface area contributed by atoms with Crippen LogP contribution in [0.1, 0.15) is 32.1 Å². The van der Waals surface area contributed by atoms with Gasteiger partial charge in [0, 0.05) is 11.7 Å². The molecule has 1 aliphatic heterocycles. The van der Waals surface area contributed by atoms with E-state index in [1.807, 2.05) is 0 Å². The molecule has 2 aliphatic rings. The molecule has 3 rings (SSSR count). The van der Waals surface area contributed by atoms with E-state index in [0.29, 0.717) is 0 Å². The fourth-order valence-corrected chi connectivity index (χ4v) is 5.99. The first-order valence-corrected chi connectivity index (χ1v) is 8.93. The molecule has 1 aliphatic carbocycles. The van der Waals surface area contributed by atoms with Gasteiger partial charge in [0.15, 0.2) is 0 Å². The lowest BCUT2D eigenvalue weighted by atomic mass is 10.2. The third-order valence-electron chi connectivity index (χ3n) is 4.24. The Bertz CT molecular complexity index is 328. The first kappa shape index (κ1) is 10.4. The van der Waals surface area contributed by atoms with E-state index in [2.05, 4.69) is 34.9 Å². The van der Waals surface area contributed by atoms with Crippen LogP contribution in [-0.2, 0) is 0 Å². The Morgan fingerprint density at radius 2 is 1.62 bits per heavy atom. The largest absolute Gasteiger partial charge is 0.398 e. The highest BCUT2D eigenvalue weighted by molar-refractivity contribution is 6.66.